The molecule has 1 saturated heterocycles. The van der Waals surface area contributed by atoms with Crippen molar-refractivity contribution in [3.8, 4) is 5.75 Å². The largest absolute Gasteiger partial charge is 0.483 e. The molecule has 2 unspecified atom stereocenters. The number of amides is 2. The van der Waals surface area contributed by atoms with E-state index < -0.39 is 40.9 Å². The summed E-state index contributed by atoms with van der Waals surface area (Å²) in [6.45, 7) is 1.79. The van der Waals surface area contributed by atoms with Gasteiger partial charge in [0.2, 0.25) is 5.43 Å². The minimum atomic E-state index is -1.16. The van der Waals surface area contributed by atoms with Crippen LogP contribution in [0.25, 0.3) is 0 Å². The fourth-order valence-corrected chi connectivity index (χ4v) is 5.08. The van der Waals surface area contributed by atoms with Crippen LogP contribution in [0.5, 0.6) is 5.75 Å². The van der Waals surface area contributed by atoms with Crippen molar-refractivity contribution in [1.82, 2.24) is 14.8 Å². The molecule has 1 N–H and O–H groups in total. The molecule has 2 bridgehead atoms. The Morgan fingerprint density at radius 3 is 2.50 bits per heavy atom. The molecule has 1 fully saturated rings. The Labute approximate surface area is 216 Å². The number of ether oxygens (including phenoxy) is 1. The predicted molar refractivity (Wildman–Crippen MR) is 132 cm³/mol. The third kappa shape index (κ3) is 4.78. The molecule has 2 atom stereocenters. The lowest BCUT2D eigenvalue weighted by Crippen LogP contribution is -2.47. The number of rotatable bonds is 6. The van der Waals surface area contributed by atoms with Crippen LogP contribution in [0.4, 0.5) is 13.2 Å². The topological polar surface area (TPSA) is 80.6 Å². The molecule has 0 saturated carbocycles. The van der Waals surface area contributed by atoms with Gasteiger partial charge in [-0.05, 0) is 31.7 Å². The SMILES string of the molecule is CC1CCCC2CN1C(=O)c1c(OCc3ccccc3)c(=O)c(C(=O)NCc3c(F)cc(F)cc3F)cn12. The second kappa shape index (κ2) is 10.4. The van der Waals surface area contributed by atoms with E-state index in [1.54, 1.807) is 21.6 Å². The van der Waals surface area contributed by atoms with Crippen LogP contribution in [0.15, 0.2) is 53.5 Å². The number of pyridine rings is 1. The van der Waals surface area contributed by atoms with Crippen molar-refractivity contribution in [2.45, 2.75) is 51.4 Å². The molecular weight excluding hydrogens is 499 g/mol. The van der Waals surface area contributed by atoms with Crippen molar-refractivity contribution < 1.29 is 27.5 Å². The van der Waals surface area contributed by atoms with Crippen LogP contribution in [0.1, 0.15) is 64.2 Å². The van der Waals surface area contributed by atoms with Gasteiger partial charge in [-0.3, -0.25) is 14.4 Å². The van der Waals surface area contributed by atoms with E-state index in [0.717, 1.165) is 24.8 Å². The lowest BCUT2D eigenvalue weighted by atomic mass is 10.1. The Bertz CT molecular complexity index is 1430. The van der Waals surface area contributed by atoms with Crippen LogP contribution >= 0.6 is 0 Å². The van der Waals surface area contributed by atoms with Crippen LogP contribution in [-0.2, 0) is 13.2 Å². The first-order chi connectivity index (χ1) is 18.2. The summed E-state index contributed by atoms with van der Waals surface area (Å²) in [5.74, 6) is -4.88. The molecule has 1 aromatic heterocycles. The minimum Gasteiger partial charge on any atom is -0.483 e. The van der Waals surface area contributed by atoms with Crippen LogP contribution in [0, 0.1) is 17.5 Å². The lowest BCUT2D eigenvalue weighted by Gasteiger charge is -2.37. The Hall–Kier alpha value is -4.08. The standard InChI is InChI=1S/C28H26F3N3O4/c1-16-6-5-9-19-13-33(16)28(37)24-26(38-15-17-7-3-2-4-8-17)25(35)21(14-34(19)24)27(36)32-12-20-22(30)10-18(29)11-23(20)31/h2-4,7-8,10-11,14,16,19H,5-6,9,12-13,15H2,1H3,(H,32,36). The second-order valence-electron chi connectivity index (χ2n) is 9.65. The second-order valence-corrected chi connectivity index (χ2v) is 9.65. The molecule has 2 aliphatic heterocycles. The Morgan fingerprint density at radius 1 is 1.08 bits per heavy atom. The summed E-state index contributed by atoms with van der Waals surface area (Å²) >= 11 is 0. The van der Waals surface area contributed by atoms with Gasteiger partial charge in [0, 0.05) is 43.0 Å². The van der Waals surface area contributed by atoms with Gasteiger partial charge in [-0.25, -0.2) is 13.2 Å². The first kappa shape index (κ1) is 25.6. The molecule has 2 aliphatic rings. The van der Waals surface area contributed by atoms with Gasteiger partial charge in [0.1, 0.15) is 29.6 Å². The van der Waals surface area contributed by atoms with E-state index in [1.807, 2.05) is 25.1 Å². The zero-order chi connectivity index (χ0) is 27.0. The molecule has 3 aromatic rings. The number of carbonyl (C=O) groups is 2. The lowest BCUT2D eigenvalue weighted by molar-refractivity contribution is 0.0601. The average molecular weight is 526 g/mol. The van der Waals surface area contributed by atoms with Gasteiger partial charge in [0.15, 0.2) is 11.4 Å². The van der Waals surface area contributed by atoms with Gasteiger partial charge >= 0.3 is 0 Å². The van der Waals surface area contributed by atoms with E-state index >= 15 is 0 Å². The first-order valence-corrected chi connectivity index (χ1v) is 12.4. The number of hydrogen-bond donors (Lipinski definition) is 1. The Kier molecular flexibility index (Phi) is 6.96. The van der Waals surface area contributed by atoms with E-state index in [1.165, 1.54) is 6.20 Å². The summed E-state index contributed by atoms with van der Waals surface area (Å²) in [4.78, 5) is 42.0. The number of fused-ring (bicyclic) bond motifs is 4. The minimum absolute atomic E-state index is 0.00630. The number of nitrogens with zero attached hydrogens (tertiary/aromatic N) is 2. The summed E-state index contributed by atoms with van der Waals surface area (Å²) in [7, 11) is 0. The normalized spacial score (nSPS) is 18.5. The van der Waals surface area contributed by atoms with E-state index in [2.05, 4.69) is 5.32 Å². The van der Waals surface area contributed by atoms with Crippen molar-refractivity contribution in [2.24, 2.45) is 0 Å². The number of hydrogen-bond acceptors (Lipinski definition) is 4. The van der Waals surface area contributed by atoms with Crippen molar-refractivity contribution in [1.29, 1.82) is 0 Å². The van der Waals surface area contributed by atoms with Crippen molar-refractivity contribution in [3.05, 3.63) is 98.7 Å². The average Bonchev–Trinajstić information content (AvgIpc) is 3.06. The highest BCUT2D eigenvalue weighted by molar-refractivity contribution is 5.99. The number of halogens is 3. The van der Waals surface area contributed by atoms with Crippen molar-refractivity contribution in [2.75, 3.05) is 6.54 Å². The summed E-state index contributed by atoms with van der Waals surface area (Å²) in [6.07, 6.45) is 3.72. The molecule has 0 spiro atoms. The molecule has 0 aliphatic carbocycles. The van der Waals surface area contributed by atoms with Gasteiger partial charge in [-0.15, -0.1) is 0 Å². The highest BCUT2D eigenvalue weighted by Gasteiger charge is 2.39. The number of benzene rings is 2. The molecule has 198 valence electrons. The molecule has 38 heavy (non-hydrogen) atoms. The number of carbonyl (C=O) groups excluding carboxylic acids is 2. The third-order valence-corrected chi connectivity index (χ3v) is 7.15. The zero-order valence-corrected chi connectivity index (χ0v) is 20.7. The fraction of sp³-hybridized carbons (Fsp3) is 0.321. The predicted octanol–water partition coefficient (Wildman–Crippen LogP) is 4.34. The third-order valence-electron chi connectivity index (χ3n) is 7.15. The van der Waals surface area contributed by atoms with E-state index in [0.29, 0.717) is 18.7 Å². The summed E-state index contributed by atoms with van der Waals surface area (Å²) in [5.41, 5.74) is -0.814. The summed E-state index contributed by atoms with van der Waals surface area (Å²) < 4.78 is 49.0. The number of nitrogens with one attached hydrogen (secondary N) is 1. The molecule has 2 amide bonds. The fourth-order valence-electron chi connectivity index (χ4n) is 5.08. The van der Waals surface area contributed by atoms with Gasteiger partial charge in [0.05, 0.1) is 6.04 Å². The number of aromatic nitrogens is 1. The van der Waals surface area contributed by atoms with Crippen molar-refractivity contribution >= 4 is 11.8 Å². The van der Waals surface area contributed by atoms with Crippen LogP contribution in [-0.4, -0.2) is 33.9 Å². The van der Waals surface area contributed by atoms with Gasteiger partial charge in [-0.1, -0.05) is 30.3 Å². The maximum atomic E-state index is 14.1. The summed E-state index contributed by atoms with van der Waals surface area (Å²) in [5, 5.41) is 2.35. The first-order valence-electron chi connectivity index (χ1n) is 12.4. The van der Waals surface area contributed by atoms with Gasteiger partial charge in [-0.2, -0.15) is 0 Å². The maximum Gasteiger partial charge on any atom is 0.274 e. The zero-order valence-electron chi connectivity index (χ0n) is 20.7. The molecule has 10 heteroatoms. The summed E-state index contributed by atoms with van der Waals surface area (Å²) in [6, 6.07) is 9.90. The van der Waals surface area contributed by atoms with E-state index in [-0.39, 0.29) is 41.6 Å². The van der Waals surface area contributed by atoms with Gasteiger partial charge in [0.25, 0.3) is 11.8 Å². The highest BCUT2D eigenvalue weighted by atomic mass is 19.1. The molecule has 3 heterocycles. The quantitative estimate of drug-likeness (QED) is 0.519. The molecular formula is C28H26F3N3O4. The maximum absolute atomic E-state index is 14.1. The van der Waals surface area contributed by atoms with Crippen LogP contribution in [0.3, 0.4) is 0 Å². The van der Waals surface area contributed by atoms with Crippen molar-refractivity contribution in [3.63, 3.8) is 0 Å². The Balaban J connectivity index is 1.54. The van der Waals surface area contributed by atoms with Crippen LogP contribution < -0.4 is 15.5 Å². The molecule has 7 nitrogen and oxygen atoms in total. The molecule has 2 aromatic carbocycles. The monoisotopic (exact) mass is 525 g/mol. The van der Waals surface area contributed by atoms with Crippen LogP contribution in [0.2, 0.25) is 0 Å². The molecule has 0 radical (unpaired) electrons. The van der Waals surface area contributed by atoms with E-state index in [4.69, 9.17) is 4.74 Å². The van der Waals surface area contributed by atoms with Gasteiger partial charge < -0.3 is 19.5 Å². The molecule has 5 rings (SSSR count). The highest BCUT2D eigenvalue weighted by Crippen LogP contribution is 2.34. The smallest absolute Gasteiger partial charge is 0.274 e. The van der Waals surface area contributed by atoms with E-state index in [9.17, 15) is 27.6 Å². The Morgan fingerprint density at radius 2 is 1.79 bits per heavy atom.